The molecule has 4 heteroatoms. The first-order chi connectivity index (χ1) is 8.30. The summed E-state index contributed by atoms with van der Waals surface area (Å²) in [4.78, 5) is 0. The van der Waals surface area contributed by atoms with Gasteiger partial charge in [0.05, 0.1) is 0 Å². The van der Waals surface area contributed by atoms with Gasteiger partial charge in [-0.25, -0.2) is 0 Å². The fourth-order valence-corrected chi connectivity index (χ4v) is 2.56. The highest BCUT2D eigenvalue weighted by molar-refractivity contribution is 6.28. The molecule has 1 aromatic rings. The van der Waals surface area contributed by atoms with Crippen molar-refractivity contribution in [1.29, 1.82) is 0 Å². The van der Waals surface area contributed by atoms with Crippen molar-refractivity contribution >= 4 is 15.8 Å². The van der Waals surface area contributed by atoms with E-state index in [1.165, 1.54) is 0 Å². The van der Waals surface area contributed by atoms with Crippen LogP contribution in [0.4, 0.5) is 0 Å². The standard InChI is InChI=1S/C13H20O3Si/c1-4-11-6-5-7-12(10-11)16-17-9-8-13(14-2)15-3/h4-7,10,13H,1,8-9,17H2,2-3H3. The summed E-state index contributed by atoms with van der Waals surface area (Å²) in [6.45, 7) is 3.74. The molecular formula is C13H20O3Si. The molecule has 0 N–H and O–H groups in total. The average Bonchev–Trinajstić information content (AvgIpc) is 2.39. The van der Waals surface area contributed by atoms with E-state index in [-0.39, 0.29) is 6.29 Å². The van der Waals surface area contributed by atoms with Crippen LogP contribution >= 0.6 is 0 Å². The van der Waals surface area contributed by atoms with Gasteiger partial charge in [-0.2, -0.15) is 0 Å². The van der Waals surface area contributed by atoms with Crippen molar-refractivity contribution in [3.05, 3.63) is 36.4 Å². The maximum atomic E-state index is 5.77. The van der Waals surface area contributed by atoms with Crippen molar-refractivity contribution in [2.45, 2.75) is 18.8 Å². The molecule has 1 aromatic carbocycles. The molecule has 94 valence electrons. The second-order valence-corrected chi connectivity index (χ2v) is 5.07. The van der Waals surface area contributed by atoms with Crippen molar-refractivity contribution in [3.63, 3.8) is 0 Å². The fourth-order valence-electron chi connectivity index (χ4n) is 1.50. The highest BCUT2D eigenvalue weighted by atomic mass is 28.2. The first-order valence-corrected chi connectivity index (χ1v) is 7.28. The van der Waals surface area contributed by atoms with Crippen LogP contribution in [0.3, 0.4) is 0 Å². The second-order valence-electron chi connectivity index (χ2n) is 3.67. The summed E-state index contributed by atoms with van der Waals surface area (Å²) in [6.07, 6.45) is 2.60. The first kappa shape index (κ1) is 14.0. The molecule has 17 heavy (non-hydrogen) atoms. The fraction of sp³-hybridized carbons (Fsp3) is 0.385. The van der Waals surface area contributed by atoms with Crippen LogP contribution in [0.15, 0.2) is 30.8 Å². The lowest BCUT2D eigenvalue weighted by atomic mass is 10.2. The number of hydrogen-bond donors (Lipinski definition) is 0. The molecule has 0 aliphatic heterocycles. The van der Waals surface area contributed by atoms with Crippen molar-refractivity contribution in [2.75, 3.05) is 14.2 Å². The molecule has 0 aliphatic carbocycles. The molecule has 3 nitrogen and oxygen atoms in total. The largest absolute Gasteiger partial charge is 0.549 e. The molecule has 0 heterocycles. The van der Waals surface area contributed by atoms with Gasteiger partial charge in [-0.1, -0.05) is 24.8 Å². The summed E-state index contributed by atoms with van der Waals surface area (Å²) in [7, 11) is 2.75. The molecule has 0 amide bonds. The highest BCUT2D eigenvalue weighted by Crippen LogP contribution is 2.14. The van der Waals surface area contributed by atoms with E-state index in [9.17, 15) is 0 Å². The summed E-state index contributed by atoms with van der Waals surface area (Å²) >= 11 is 0. The molecule has 0 saturated heterocycles. The Morgan fingerprint density at radius 3 is 2.76 bits per heavy atom. The smallest absolute Gasteiger partial charge is 0.219 e. The van der Waals surface area contributed by atoms with E-state index in [4.69, 9.17) is 13.9 Å². The van der Waals surface area contributed by atoms with Crippen molar-refractivity contribution in [3.8, 4) is 5.75 Å². The van der Waals surface area contributed by atoms with E-state index in [1.54, 1.807) is 14.2 Å². The van der Waals surface area contributed by atoms with Crippen molar-refractivity contribution in [2.24, 2.45) is 0 Å². The lowest BCUT2D eigenvalue weighted by Crippen LogP contribution is -2.14. The summed E-state index contributed by atoms with van der Waals surface area (Å²) < 4.78 is 16.0. The van der Waals surface area contributed by atoms with E-state index in [0.29, 0.717) is 0 Å². The summed E-state index contributed by atoms with van der Waals surface area (Å²) in [5.74, 6) is 0.931. The number of ether oxygens (including phenoxy) is 2. The molecule has 0 aromatic heterocycles. The van der Waals surface area contributed by atoms with Gasteiger partial charge in [0.15, 0.2) is 6.29 Å². The third-order valence-corrected chi connectivity index (χ3v) is 3.71. The molecular weight excluding hydrogens is 232 g/mol. The van der Waals surface area contributed by atoms with Gasteiger partial charge in [0.1, 0.15) is 5.75 Å². The zero-order chi connectivity index (χ0) is 12.5. The number of hydrogen-bond acceptors (Lipinski definition) is 3. The van der Waals surface area contributed by atoms with E-state index in [1.807, 2.05) is 30.3 Å². The van der Waals surface area contributed by atoms with Gasteiger partial charge in [-0.15, -0.1) is 0 Å². The first-order valence-electron chi connectivity index (χ1n) is 5.71. The van der Waals surface area contributed by atoms with Crippen molar-refractivity contribution < 1.29 is 13.9 Å². The van der Waals surface area contributed by atoms with Crippen LogP contribution in [0, 0.1) is 0 Å². The monoisotopic (exact) mass is 252 g/mol. The average molecular weight is 252 g/mol. The molecule has 0 radical (unpaired) electrons. The molecule has 0 atom stereocenters. The Balaban J connectivity index is 2.28. The van der Waals surface area contributed by atoms with E-state index in [2.05, 4.69) is 6.58 Å². The number of methoxy groups -OCH3 is 2. The molecule has 0 aliphatic rings. The molecule has 0 unspecified atom stereocenters. The summed E-state index contributed by atoms with van der Waals surface area (Å²) in [6, 6.07) is 9.00. The molecule has 0 saturated carbocycles. The van der Waals surface area contributed by atoms with Gasteiger partial charge in [0.2, 0.25) is 9.76 Å². The minimum absolute atomic E-state index is 0.106. The highest BCUT2D eigenvalue weighted by Gasteiger charge is 2.04. The van der Waals surface area contributed by atoms with Crippen LogP contribution in [-0.2, 0) is 9.47 Å². The zero-order valence-electron chi connectivity index (χ0n) is 10.5. The predicted octanol–water partition coefficient (Wildman–Crippen LogP) is 2.22. The Morgan fingerprint density at radius 1 is 1.35 bits per heavy atom. The molecule has 0 bridgehead atoms. The Kier molecular flexibility index (Phi) is 6.62. The normalized spacial score (nSPS) is 11.2. The second kappa shape index (κ2) is 8.06. The Bertz CT molecular complexity index is 337. The summed E-state index contributed by atoms with van der Waals surface area (Å²) in [5, 5.41) is 0. The Hall–Kier alpha value is -1.10. The third kappa shape index (κ3) is 5.17. The van der Waals surface area contributed by atoms with Crippen LogP contribution in [0.2, 0.25) is 6.04 Å². The maximum absolute atomic E-state index is 5.77. The van der Waals surface area contributed by atoms with Crippen LogP contribution < -0.4 is 4.43 Å². The van der Waals surface area contributed by atoms with Gasteiger partial charge in [-0.05, 0) is 30.2 Å². The zero-order valence-corrected chi connectivity index (χ0v) is 11.9. The quantitative estimate of drug-likeness (QED) is 0.403. The van der Waals surface area contributed by atoms with Gasteiger partial charge in [0, 0.05) is 14.2 Å². The van der Waals surface area contributed by atoms with E-state index in [0.717, 1.165) is 23.8 Å². The molecule has 0 spiro atoms. The van der Waals surface area contributed by atoms with E-state index < -0.39 is 9.76 Å². The van der Waals surface area contributed by atoms with Crippen LogP contribution in [0.25, 0.3) is 6.08 Å². The van der Waals surface area contributed by atoms with Crippen LogP contribution in [0.5, 0.6) is 5.75 Å². The maximum Gasteiger partial charge on any atom is 0.219 e. The minimum atomic E-state index is -0.566. The minimum Gasteiger partial charge on any atom is -0.549 e. The van der Waals surface area contributed by atoms with Crippen LogP contribution in [0.1, 0.15) is 12.0 Å². The molecule has 1 rings (SSSR count). The Morgan fingerprint density at radius 2 is 2.12 bits per heavy atom. The molecule has 0 fully saturated rings. The van der Waals surface area contributed by atoms with Crippen molar-refractivity contribution in [1.82, 2.24) is 0 Å². The van der Waals surface area contributed by atoms with E-state index >= 15 is 0 Å². The predicted molar refractivity (Wildman–Crippen MR) is 72.9 cm³/mol. The van der Waals surface area contributed by atoms with Gasteiger partial charge >= 0.3 is 0 Å². The number of benzene rings is 1. The van der Waals surface area contributed by atoms with Gasteiger partial charge in [0.25, 0.3) is 0 Å². The third-order valence-electron chi connectivity index (χ3n) is 2.47. The SMILES string of the molecule is C=Cc1cccc(O[SiH2]CCC(OC)OC)c1. The topological polar surface area (TPSA) is 27.7 Å². The Labute approximate surface area is 105 Å². The summed E-state index contributed by atoms with van der Waals surface area (Å²) in [5.41, 5.74) is 1.09. The van der Waals surface area contributed by atoms with Crippen LogP contribution in [-0.4, -0.2) is 30.3 Å². The number of rotatable bonds is 8. The van der Waals surface area contributed by atoms with Gasteiger partial charge < -0.3 is 13.9 Å². The van der Waals surface area contributed by atoms with Gasteiger partial charge in [-0.3, -0.25) is 0 Å². The lowest BCUT2D eigenvalue weighted by molar-refractivity contribution is -0.103. The lowest BCUT2D eigenvalue weighted by Gasteiger charge is -2.13.